The van der Waals surface area contributed by atoms with E-state index in [1.54, 1.807) is 0 Å². The molecule has 35 heavy (non-hydrogen) atoms. The van der Waals surface area contributed by atoms with Crippen LogP contribution in [0.1, 0.15) is 65.8 Å². The van der Waals surface area contributed by atoms with Crippen LogP contribution in [0.25, 0.3) is 22.3 Å². The molecule has 0 spiro atoms. The summed E-state index contributed by atoms with van der Waals surface area (Å²) in [5.74, 6) is -0.439. The first-order valence-corrected chi connectivity index (χ1v) is 12.1. The molecule has 0 saturated carbocycles. The van der Waals surface area contributed by atoms with E-state index < -0.39 is 17.7 Å². The summed E-state index contributed by atoms with van der Waals surface area (Å²) < 4.78 is 11.6. The molecule has 4 heteroatoms. The summed E-state index contributed by atoms with van der Waals surface area (Å²) in [5.41, 5.74) is 18.4. The molecule has 0 saturated heterocycles. The first-order chi connectivity index (χ1) is 16.3. The van der Waals surface area contributed by atoms with Crippen LogP contribution < -0.4 is 5.73 Å². The minimum atomic E-state index is -0.911. The van der Waals surface area contributed by atoms with Gasteiger partial charge in [-0.15, -0.1) is 0 Å². The lowest BCUT2D eigenvalue weighted by atomic mass is 9.81. The standard InChI is InChI=1S/C31H39NO3/c1-17-11-13-23(15-19(17)3)25-21(5)26(24-14-12-18(2)20(4)16-24)28(32)22(6)27(25)29(30(33)34-10)35-31(7,8)9/h11-16,29H,32H2,1-10H3. The molecule has 3 aromatic rings. The number of methoxy groups -OCH3 is 1. The second kappa shape index (κ2) is 9.87. The van der Waals surface area contributed by atoms with Gasteiger partial charge in [0.2, 0.25) is 0 Å². The van der Waals surface area contributed by atoms with Gasteiger partial charge in [-0.3, -0.25) is 0 Å². The van der Waals surface area contributed by atoms with Crippen LogP contribution in [0.4, 0.5) is 5.69 Å². The van der Waals surface area contributed by atoms with E-state index in [0.29, 0.717) is 5.69 Å². The van der Waals surface area contributed by atoms with Crippen LogP contribution >= 0.6 is 0 Å². The van der Waals surface area contributed by atoms with E-state index in [9.17, 15) is 4.79 Å². The topological polar surface area (TPSA) is 61.5 Å². The van der Waals surface area contributed by atoms with Crippen LogP contribution in [-0.2, 0) is 14.3 Å². The number of aryl methyl sites for hydroxylation is 4. The molecule has 0 aliphatic heterocycles. The average Bonchev–Trinajstić information content (AvgIpc) is 2.78. The quantitative estimate of drug-likeness (QED) is 0.308. The Labute approximate surface area is 210 Å². The van der Waals surface area contributed by atoms with Gasteiger partial charge in [-0.25, -0.2) is 4.79 Å². The molecule has 4 nitrogen and oxygen atoms in total. The van der Waals surface area contributed by atoms with Crippen LogP contribution in [0, 0.1) is 41.5 Å². The van der Waals surface area contributed by atoms with Crippen LogP contribution in [0.5, 0.6) is 0 Å². The van der Waals surface area contributed by atoms with E-state index in [0.717, 1.165) is 38.9 Å². The largest absolute Gasteiger partial charge is 0.467 e. The summed E-state index contributed by atoms with van der Waals surface area (Å²) in [6, 6.07) is 12.8. The van der Waals surface area contributed by atoms with Gasteiger partial charge >= 0.3 is 5.97 Å². The van der Waals surface area contributed by atoms with Crippen molar-refractivity contribution in [2.45, 2.75) is 74.0 Å². The summed E-state index contributed by atoms with van der Waals surface area (Å²) in [7, 11) is 1.39. The number of carbonyl (C=O) groups excluding carboxylic acids is 1. The second-order valence-electron chi connectivity index (χ2n) is 10.6. The SMILES string of the molecule is COC(=O)C(OC(C)(C)C)c1c(C)c(N)c(-c2ccc(C)c(C)c2)c(C)c1-c1ccc(C)c(C)c1. The van der Waals surface area contributed by atoms with Crippen molar-refractivity contribution < 1.29 is 14.3 Å². The first-order valence-electron chi connectivity index (χ1n) is 12.1. The number of esters is 1. The number of anilines is 1. The Morgan fingerprint density at radius 3 is 1.69 bits per heavy atom. The molecule has 3 aromatic carbocycles. The third-order valence-electron chi connectivity index (χ3n) is 6.84. The number of ether oxygens (including phenoxy) is 2. The molecule has 3 rings (SSSR count). The maximum atomic E-state index is 13.1. The molecule has 1 unspecified atom stereocenters. The van der Waals surface area contributed by atoms with Crippen molar-refractivity contribution in [3.05, 3.63) is 75.3 Å². The summed E-state index contributed by atoms with van der Waals surface area (Å²) in [5, 5.41) is 0. The molecule has 0 bridgehead atoms. The molecular formula is C31H39NO3. The van der Waals surface area contributed by atoms with Crippen molar-refractivity contribution >= 4 is 11.7 Å². The molecule has 0 fully saturated rings. The molecule has 0 aliphatic rings. The van der Waals surface area contributed by atoms with Crippen LogP contribution in [0.2, 0.25) is 0 Å². The van der Waals surface area contributed by atoms with Crippen LogP contribution in [-0.4, -0.2) is 18.7 Å². The van der Waals surface area contributed by atoms with Crippen molar-refractivity contribution in [1.29, 1.82) is 0 Å². The molecule has 0 radical (unpaired) electrons. The average molecular weight is 474 g/mol. The van der Waals surface area contributed by atoms with Crippen LogP contribution in [0.3, 0.4) is 0 Å². The predicted molar refractivity (Wildman–Crippen MR) is 146 cm³/mol. The summed E-state index contributed by atoms with van der Waals surface area (Å²) in [4.78, 5) is 13.1. The maximum Gasteiger partial charge on any atom is 0.339 e. The highest BCUT2D eigenvalue weighted by Crippen LogP contribution is 2.46. The molecule has 0 aliphatic carbocycles. The Morgan fingerprint density at radius 2 is 1.26 bits per heavy atom. The highest BCUT2D eigenvalue weighted by Gasteiger charge is 2.34. The van der Waals surface area contributed by atoms with Gasteiger partial charge in [0.15, 0.2) is 6.10 Å². The van der Waals surface area contributed by atoms with Crippen molar-refractivity contribution in [1.82, 2.24) is 0 Å². The lowest BCUT2D eigenvalue weighted by Crippen LogP contribution is -2.29. The van der Waals surface area contributed by atoms with E-state index in [1.165, 1.54) is 29.4 Å². The van der Waals surface area contributed by atoms with Crippen molar-refractivity contribution in [2.75, 3.05) is 12.8 Å². The molecule has 0 heterocycles. The van der Waals surface area contributed by atoms with Gasteiger partial charge < -0.3 is 15.2 Å². The van der Waals surface area contributed by atoms with E-state index in [4.69, 9.17) is 15.2 Å². The second-order valence-corrected chi connectivity index (χ2v) is 10.6. The van der Waals surface area contributed by atoms with Crippen LogP contribution in [0.15, 0.2) is 36.4 Å². The monoisotopic (exact) mass is 473 g/mol. The molecule has 1 atom stereocenters. The Bertz CT molecular complexity index is 1280. The number of nitrogens with two attached hydrogens (primary N) is 1. The van der Waals surface area contributed by atoms with E-state index in [2.05, 4.69) is 71.0 Å². The fourth-order valence-electron chi connectivity index (χ4n) is 4.60. The maximum absolute atomic E-state index is 13.1. The van der Waals surface area contributed by atoms with E-state index >= 15 is 0 Å². The lowest BCUT2D eigenvalue weighted by Gasteiger charge is -2.31. The molecule has 0 amide bonds. The molecule has 186 valence electrons. The summed E-state index contributed by atoms with van der Waals surface area (Å²) >= 11 is 0. The minimum absolute atomic E-state index is 0.439. The van der Waals surface area contributed by atoms with Crippen molar-refractivity contribution in [2.24, 2.45) is 0 Å². The smallest absolute Gasteiger partial charge is 0.339 e. The zero-order chi connectivity index (χ0) is 26.2. The van der Waals surface area contributed by atoms with Gasteiger partial charge in [-0.05, 0) is 112 Å². The number of carbonyl (C=O) groups is 1. The highest BCUT2D eigenvalue weighted by molar-refractivity contribution is 5.93. The van der Waals surface area contributed by atoms with Gasteiger partial charge in [-0.2, -0.15) is 0 Å². The number of nitrogen functional groups attached to an aromatic ring is 1. The van der Waals surface area contributed by atoms with Gasteiger partial charge in [0, 0.05) is 16.8 Å². The third-order valence-corrected chi connectivity index (χ3v) is 6.84. The van der Waals surface area contributed by atoms with Crippen molar-refractivity contribution in [3.8, 4) is 22.3 Å². The van der Waals surface area contributed by atoms with Gasteiger partial charge in [0.05, 0.1) is 12.7 Å². The van der Waals surface area contributed by atoms with Gasteiger partial charge in [-0.1, -0.05) is 36.4 Å². The summed E-state index contributed by atoms with van der Waals surface area (Å²) in [6.07, 6.45) is -0.911. The number of hydrogen-bond donors (Lipinski definition) is 1. The van der Waals surface area contributed by atoms with E-state index in [1.807, 2.05) is 27.7 Å². The first kappa shape index (κ1) is 26.5. The minimum Gasteiger partial charge on any atom is -0.467 e. The van der Waals surface area contributed by atoms with E-state index in [-0.39, 0.29) is 0 Å². The zero-order valence-electron chi connectivity index (χ0n) is 22.8. The fourth-order valence-corrected chi connectivity index (χ4v) is 4.60. The van der Waals surface area contributed by atoms with Gasteiger partial charge in [0.1, 0.15) is 0 Å². The van der Waals surface area contributed by atoms with Crippen molar-refractivity contribution in [3.63, 3.8) is 0 Å². The number of benzene rings is 3. The van der Waals surface area contributed by atoms with Gasteiger partial charge in [0.25, 0.3) is 0 Å². The lowest BCUT2D eigenvalue weighted by molar-refractivity contribution is -0.164. The Morgan fingerprint density at radius 1 is 0.771 bits per heavy atom. The Balaban J connectivity index is 2.47. The number of rotatable bonds is 5. The fraction of sp³-hybridized carbons (Fsp3) is 0.387. The molecule has 2 N–H and O–H groups in total. The Hall–Kier alpha value is -3.11. The Kier molecular flexibility index (Phi) is 7.47. The normalized spacial score (nSPS) is 12.5. The number of hydrogen-bond acceptors (Lipinski definition) is 4. The zero-order valence-corrected chi connectivity index (χ0v) is 22.8. The highest BCUT2D eigenvalue weighted by atomic mass is 16.6. The molecule has 0 aromatic heterocycles. The predicted octanol–water partition coefficient (Wildman–Crippen LogP) is 7.48. The third kappa shape index (κ3) is 5.28. The summed E-state index contributed by atoms with van der Waals surface area (Å²) in [6.45, 7) is 18.3. The molecular weight excluding hydrogens is 434 g/mol.